The molecule has 0 bridgehead atoms. The molecule has 2 aromatic heterocycles. The summed E-state index contributed by atoms with van der Waals surface area (Å²) in [6.45, 7) is 4.11. The summed E-state index contributed by atoms with van der Waals surface area (Å²) < 4.78 is 27.1. The Labute approximate surface area is 180 Å². The second-order valence-corrected chi connectivity index (χ2v) is 10.7. The van der Waals surface area contributed by atoms with Gasteiger partial charge >= 0.3 is 0 Å². The van der Waals surface area contributed by atoms with Crippen LogP contribution in [-0.4, -0.2) is 48.9 Å². The van der Waals surface area contributed by atoms with Crippen molar-refractivity contribution >= 4 is 43.5 Å². The molecule has 1 aliphatic carbocycles. The van der Waals surface area contributed by atoms with Crippen LogP contribution in [0.1, 0.15) is 28.2 Å². The molecule has 0 radical (unpaired) electrons. The number of anilines is 1. The first-order valence-electron chi connectivity index (χ1n) is 10.3. The fourth-order valence-electron chi connectivity index (χ4n) is 4.28. The summed E-state index contributed by atoms with van der Waals surface area (Å²) in [5, 5.41) is 2.51. The Kier molecular flexibility index (Phi) is 5.08. The van der Waals surface area contributed by atoms with Gasteiger partial charge in [-0.2, -0.15) is 4.31 Å². The minimum Gasteiger partial charge on any atom is -0.353 e. The van der Waals surface area contributed by atoms with Gasteiger partial charge in [-0.1, -0.05) is 30.3 Å². The van der Waals surface area contributed by atoms with E-state index in [2.05, 4.69) is 9.88 Å². The first-order valence-corrected chi connectivity index (χ1v) is 12.6. The number of fused-ring (bicyclic) bond motifs is 3. The lowest BCUT2D eigenvalue weighted by molar-refractivity contribution is 0.389. The smallest absolute Gasteiger partial charge is 0.236 e. The van der Waals surface area contributed by atoms with Crippen LogP contribution >= 0.6 is 11.3 Å². The summed E-state index contributed by atoms with van der Waals surface area (Å²) in [4.78, 5) is 14.2. The van der Waals surface area contributed by atoms with E-state index in [0.29, 0.717) is 26.2 Å². The lowest BCUT2D eigenvalue weighted by Crippen LogP contribution is -2.48. The third-order valence-electron chi connectivity index (χ3n) is 5.79. The second kappa shape index (κ2) is 7.76. The van der Waals surface area contributed by atoms with Gasteiger partial charge in [0.1, 0.15) is 16.5 Å². The molecule has 8 heteroatoms. The van der Waals surface area contributed by atoms with Crippen molar-refractivity contribution < 1.29 is 8.42 Å². The van der Waals surface area contributed by atoms with Gasteiger partial charge in [-0.15, -0.1) is 11.3 Å². The zero-order valence-electron chi connectivity index (χ0n) is 16.9. The van der Waals surface area contributed by atoms with Gasteiger partial charge < -0.3 is 4.90 Å². The first kappa shape index (κ1) is 19.7. The highest BCUT2D eigenvalue weighted by Crippen LogP contribution is 2.40. The predicted molar refractivity (Wildman–Crippen MR) is 122 cm³/mol. The van der Waals surface area contributed by atoms with E-state index in [4.69, 9.17) is 4.98 Å². The lowest BCUT2D eigenvalue weighted by atomic mass is 10.1. The molecular weight excluding hydrogens is 416 g/mol. The number of benzene rings is 1. The molecule has 156 valence electrons. The van der Waals surface area contributed by atoms with Crippen molar-refractivity contribution in [3.8, 4) is 0 Å². The number of piperazine rings is 1. The number of aryl methyl sites for hydroxylation is 3. The van der Waals surface area contributed by atoms with Crippen molar-refractivity contribution in [2.24, 2.45) is 0 Å². The number of nitrogens with zero attached hydrogens (tertiary/aromatic N) is 4. The van der Waals surface area contributed by atoms with Crippen molar-refractivity contribution in [1.82, 2.24) is 14.3 Å². The van der Waals surface area contributed by atoms with E-state index in [1.807, 2.05) is 37.3 Å². The Morgan fingerprint density at radius 2 is 1.80 bits per heavy atom. The molecule has 3 aromatic rings. The molecule has 1 aliphatic heterocycles. The van der Waals surface area contributed by atoms with E-state index in [1.165, 1.54) is 27.7 Å². The van der Waals surface area contributed by atoms with Gasteiger partial charge in [-0.3, -0.25) is 0 Å². The summed E-state index contributed by atoms with van der Waals surface area (Å²) in [5.41, 5.74) is 2.29. The summed E-state index contributed by atoms with van der Waals surface area (Å²) in [5.74, 6) is 1.76. The topological polar surface area (TPSA) is 66.4 Å². The van der Waals surface area contributed by atoms with Crippen molar-refractivity contribution in [2.75, 3.05) is 31.1 Å². The Morgan fingerprint density at radius 1 is 1.03 bits per heavy atom. The first-order chi connectivity index (χ1) is 14.5. The molecule has 1 aromatic carbocycles. The molecule has 5 rings (SSSR count). The third kappa shape index (κ3) is 3.64. The summed E-state index contributed by atoms with van der Waals surface area (Å²) >= 11 is 1.79. The van der Waals surface area contributed by atoms with Gasteiger partial charge in [0.15, 0.2) is 0 Å². The van der Waals surface area contributed by atoms with E-state index in [9.17, 15) is 8.42 Å². The fraction of sp³-hybridized carbons (Fsp3) is 0.364. The van der Waals surface area contributed by atoms with E-state index in [-0.39, 0.29) is 0 Å². The molecule has 0 spiro atoms. The number of rotatable bonds is 4. The van der Waals surface area contributed by atoms with Crippen molar-refractivity contribution in [3.63, 3.8) is 0 Å². The van der Waals surface area contributed by atoms with Crippen LogP contribution in [0, 0.1) is 6.92 Å². The minimum atomic E-state index is -3.44. The molecular formula is C22H24N4O2S2. The Balaban J connectivity index is 1.36. The van der Waals surface area contributed by atoms with Gasteiger partial charge in [-0.25, -0.2) is 18.4 Å². The van der Waals surface area contributed by atoms with Gasteiger partial charge in [0.25, 0.3) is 0 Å². The standard InChI is InChI=1S/C22H24N4O2S2/c1-16-23-21(20-18-8-5-9-19(18)29-22(20)24-16)25-11-13-26(14-12-25)30(27,28)15-10-17-6-3-2-4-7-17/h2-4,6-7,10,15H,5,8-9,11-14H2,1H3. The highest BCUT2D eigenvalue weighted by atomic mass is 32.2. The Bertz CT molecular complexity index is 1210. The van der Waals surface area contributed by atoms with Gasteiger partial charge in [0.05, 0.1) is 5.39 Å². The van der Waals surface area contributed by atoms with Crippen LogP contribution in [0.5, 0.6) is 0 Å². The Hall–Kier alpha value is -2.29. The van der Waals surface area contributed by atoms with Crippen LogP contribution in [0.25, 0.3) is 16.3 Å². The number of aromatic nitrogens is 2. The summed E-state index contributed by atoms with van der Waals surface area (Å²) in [6, 6.07) is 9.51. The van der Waals surface area contributed by atoms with Crippen molar-refractivity contribution in [1.29, 1.82) is 0 Å². The van der Waals surface area contributed by atoms with E-state index < -0.39 is 10.0 Å². The largest absolute Gasteiger partial charge is 0.353 e. The van der Waals surface area contributed by atoms with Crippen LogP contribution in [0.15, 0.2) is 35.7 Å². The maximum Gasteiger partial charge on any atom is 0.236 e. The number of hydrogen-bond donors (Lipinski definition) is 0. The molecule has 3 heterocycles. The maximum atomic E-state index is 12.8. The normalized spacial score (nSPS) is 17.8. The third-order valence-corrected chi connectivity index (χ3v) is 8.54. The quantitative estimate of drug-likeness (QED) is 0.620. The molecule has 30 heavy (non-hydrogen) atoms. The SMILES string of the molecule is Cc1nc(N2CCN(S(=O)(=O)C=Cc3ccccc3)CC2)c2c3c(sc2n1)CCC3. The van der Waals surface area contributed by atoms with Crippen LogP contribution in [-0.2, 0) is 22.9 Å². The molecule has 0 amide bonds. The number of hydrogen-bond acceptors (Lipinski definition) is 6. The highest BCUT2D eigenvalue weighted by Gasteiger charge is 2.29. The molecule has 1 saturated heterocycles. The van der Waals surface area contributed by atoms with Crippen molar-refractivity contribution in [2.45, 2.75) is 26.2 Å². The monoisotopic (exact) mass is 440 g/mol. The molecule has 1 fully saturated rings. The predicted octanol–water partition coefficient (Wildman–Crippen LogP) is 3.61. The average molecular weight is 441 g/mol. The zero-order valence-corrected chi connectivity index (χ0v) is 18.5. The van der Waals surface area contributed by atoms with Gasteiger partial charge in [-0.05, 0) is 43.4 Å². The van der Waals surface area contributed by atoms with E-state index >= 15 is 0 Å². The number of thiophene rings is 1. The molecule has 2 aliphatic rings. The summed E-state index contributed by atoms with van der Waals surface area (Å²) in [6.07, 6.45) is 5.08. The van der Waals surface area contributed by atoms with E-state index in [1.54, 1.807) is 21.7 Å². The van der Waals surface area contributed by atoms with Crippen molar-refractivity contribution in [3.05, 3.63) is 57.6 Å². The van der Waals surface area contributed by atoms with Crippen LogP contribution in [0.2, 0.25) is 0 Å². The van der Waals surface area contributed by atoms with E-state index in [0.717, 1.165) is 34.9 Å². The van der Waals surface area contributed by atoms with Gasteiger partial charge in [0.2, 0.25) is 10.0 Å². The maximum absolute atomic E-state index is 12.8. The number of sulfonamides is 1. The highest BCUT2D eigenvalue weighted by molar-refractivity contribution is 7.92. The average Bonchev–Trinajstić information content (AvgIpc) is 3.33. The molecule has 0 unspecified atom stereocenters. The molecule has 0 atom stereocenters. The van der Waals surface area contributed by atoms with Crippen LogP contribution in [0.3, 0.4) is 0 Å². The molecule has 6 nitrogen and oxygen atoms in total. The fourth-order valence-corrected chi connectivity index (χ4v) is 6.75. The molecule has 0 saturated carbocycles. The Morgan fingerprint density at radius 3 is 2.57 bits per heavy atom. The zero-order chi connectivity index (χ0) is 20.7. The lowest BCUT2D eigenvalue weighted by Gasteiger charge is -2.34. The summed E-state index contributed by atoms with van der Waals surface area (Å²) in [7, 11) is -3.44. The van der Waals surface area contributed by atoms with Gasteiger partial charge in [0, 0.05) is 36.5 Å². The van der Waals surface area contributed by atoms with Crippen LogP contribution in [0.4, 0.5) is 5.82 Å². The minimum absolute atomic E-state index is 0.457. The molecule has 0 N–H and O–H groups in total. The van der Waals surface area contributed by atoms with Crippen LogP contribution < -0.4 is 4.90 Å². The second-order valence-electron chi connectivity index (χ2n) is 7.78.